The van der Waals surface area contributed by atoms with Crippen LogP contribution in [0.15, 0.2) is 0 Å². The molecule has 2 aliphatic rings. The second-order valence-corrected chi connectivity index (χ2v) is 6.77. The van der Waals surface area contributed by atoms with Crippen LogP contribution < -0.4 is 0 Å². The minimum absolute atomic E-state index is 0.0161. The average molecular weight is 255 g/mol. The van der Waals surface area contributed by atoms with E-state index in [2.05, 4.69) is 25.7 Å². The van der Waals surface area contributed by atoms with E-state index in [4.69, 9.17) is 0 Å². The summed E-state index contributed by atoms with van der Waals surface area (Å²) < 4.78 is 0. The molecule has 0 atom stereocenters. The quantitative estimate of drug-likeness (QED) is 0.813. The molecule has 108 valence electrons. The van der Waals surface area contributed by atoms with Gasteiger partial charge in [-0.05, 0) is 37.5 Å². The minimum atomic E-state index is -0.0161. The van der Waals surface area contributed by atoms with Crippen molar-refractivity contribution in [1.82, 2.24) is 4.90 Å². The molecule has 1 aliphatic carbocycles. The predicted octanol–water partition coefficient (Wildman–Crippen LogP) is 3.69. The van der Waals surface area contributed by atoms with Crippen LogP contribution in [-0.2, 0) is 0 Å². The number of hydrogen-bond acceptors (Lipinski definition) is 2. The molecule has 1 saturated heterocycles. The van der Waals surface area contributed by atoms with Crippen molar-refractivity contribution in [3.05, 3.63) is 0 Å². The first-order valence-corrected chi connectivity index (χ1v) is 7.98. The maximum atomic E-state index is 9.41. The number of aliphatic hydroxyl groups excluding tert-OH is 1. The largest absolute Gasteiger partial charge is 0.393 e. The van der Waals surface area contributed by atoms with Gasteiger partial charge in [0, 0.05) is 19.6 Å². The Balaban J connectivity index is 0.000000357. The molecule has 1 heterocycles. The normalized spacial score (nSPS) is 23.8. The molecule has 0 spiro atoms. The third-order valence-electron chi connectivity index (χ3n) is 3.80. The Hall–Kier alpha value is -0.0800. The van der Waals surface area contributed by atoms with E-state index in [1.165, 1.54) is 38.6 Å². The summed E-state index contributed by atoms with van der Waals surface area (Å²) in [6, 6.07) is 0. The first kappa shape index (κ1) is 16.0. The Morgan fingerprint density at radius 1 is 0.944 bits per heavy atom. The Morgan fingerprint density at radius 2 is 1.44 bits per heavy atom. The molecule has 2 fully saturated rings. The summed E-state index contributed by atoms with van der Waals surface area (Å²) in [6.07, 6.45) is 9.20. The van der Waals surface area contributed by atoms with Gasteiger partial charge in [-0.15, -0.1) is 0 Å². The van der Waals surface area contributed by atoms with Gasteiger partial charge >= 0.3 is 0 Å². The third kappa shape index (κ3) is 7.38. The highest BCUT2D eigenvalue weighted by molar-refractivity contribution is 4.75. The van der Waals surface area contributed by atoms with Gasteiger partial charge in [-0.25, -0.2) is 0 Å². The van der Waals surface area contributed by atoms with Crippen LogP contribution in [0.5, 0.6) is 0 Å². The van der Waals surface area contributed by atoms with Gasteiger partial charge in [0.25, 0.3) is 0 Å². The molecule has 2 heteroatoms. The van der Waals surface area contributed by atoms with Crippen LogP contribution in [0, 0.1) is 11.8 Å². The van der Waals surface area contributed by atoms with Gasteiger partial charge in [-0.3, -0.25) is 0 Å². The van der Waals surface area contributed by atoms with E-state index in [1.54, 1.807) is 0 Å². The number of nitrogens with zero attached hydrogens (tertiary/aromatic N) is 1. The second-order valence-electron chi connectivity index (χ2n) is 6.77. The topological polar surface area (TPSA) is 23.5 Å². The predicted molar refractivity (Wildman–Crippen MR) is 78.8 cm³/mol. The molecular formula is C16H33NO. The summed E-state index contributed by atoms with van der Waals surface area (Å²) in [5.74, 6) is 1.79. The molecule has 0 radical (unpaired) electrons. The molecule has 0 aromatic rings. The molecule has 0 unspecified atom stereocenters. The first-order chi connectivity index (χ1) is 8.58. The molecule has 0 aromatic heterocycles. The summed E-state index contributed by atoms with van der Waals surface area (Å²) >= 11 is 0. The summed E-state index contributed by atoms with van der Waals surface area (Å²) in [6.45, 7) is 10.0. The van der Waals surface area contributed by atoms with Crippen molar-refractivity contribution in [2.24, 2.45) is 11.8 Å². The lowest BCUT2D eigenvalue weighted by Crippen LogP contribution is -2.39. The number of likely N-dealkylation sites (tertiary alicyclic amines) is 1. The highest BCUT2D eigenvalue weighted by atomic mass is 16.3. The van der Waals surface area contributed by atoms with Crippen LogP contribution in [-0.4, -0.2) is 35.7 Å². The van der Waals surface area contributed by atoms with Gasteiger partial charge in [-0.1, -0.05) is 40.0 Å². The smallest absolute Gasteiger partial charge is 0.0564 e. The molecule has 0 aromatic carbocycles. The zero-order chi connectivity index (χ0) is 13.4. The van der Waals surface area contributed by atoms with Crippen molar-refractivity contribution >= 4 is 0 Å². The Morgan fingerprint density at radius 3 is 1.94 bits per heavy atom. The third-order valence-corrected chi connectivity index (χ3v) is 3.80. The molecule has 2 rings (SSSR count). The van der Waals surface area contributed by atoms with Crippen molar-refractivity contribution in [3.8, 4) is 0 Å². The standard InChI is InChI=1S/C12H23NO.C4H10/c14-12-6-8-13(9-7-12)10-11-4-2-1-3-5-11;1-4(2)3/h11-12,14H,1-10H2;4H,1-3H3. The second kappa shape index (κ2) is 8.92. The van der Waals surface area contributed by atoms with Crippen LogP contribution in [0.4, 0.5) is 0 Å². The van der Waals surface area contributed by atoms with Crippen molar-refractivity contribution in [2.45, 2.75) is 71.8 Å². The number of rotatable bonds is 2. The van der Waals surface area contributed by atoms with Crippen molar-refractivity contribution in [2.75, 3.05) is 19.6 Å². The van der Waals surface area contributed by atoms with E-state index in [0.717, 1.165) is 37.8 Å². The maximum Gasteiger partial charge on any atom is 0.0564 e. The average Bonchev–Trinajstić information content (AvgIpc) is 2.33. The lowest BCUT2D eigenvalue weighted by molar-refractivity contribution is 0.0710. The molecule has 18 heavy (non-hydrogen) atoms. The Labute approximate surface area is 114 Å². The zero-order valence-electron chi connectivity index (χ0n) is 12.7. The lowest BCUT2D eigenvalue weighted by atomic mass is 9.88. The van der Waals surface area contributed by atoms with Gasteiger partial charge in [-0.2, -0.15) is 0 Å². The summed E-state index contributed by atoms with van der Waals surface area (Å²) in [4.78, 5) is 2.56. The number of hydrogen-bond donors (Lipinski definition) is 1. The summed E-state index contributed by atoms with van der Waals surface area (Å²) in [5, 5.41) is 9.41. The lowest BCUT2D eigenvalue weighted by Gasteiger charge is -2.33. The minimum Gasteiger partial charge on any atom is -0.393 e. The van der Waals surface area contributed by atoms with E-state index >= 15 is 0 Å². The molecule has 0 amide bonds. The van der Waals surface area contributed by atoms with Crippen molar-refractivity contribution < 1.29 is 5.11 Å². The van der Waals surface area contributed by atoms with E-state index in [9.17, 15) is 5.11 Å². The van der Waals surface area contributed by atoms with E-state index < -0.39 is 0 Å². The molecular weight excluding hydrogens is 222 g/mol. The van der Waals surface area contributed by atoms with Gasteiger partial charge < -0.3 is 10.0 Å². The van der Waals surface area contributed by atoms with Crippen LogP contribution >= 0.6 is 0 Å². The summed E-state index contributed by atoms with van der Waals surface area (Å²) in [5.41, 5.74) is 0. The van der Waals surface area contributed by atoms with Gasteiger partial charge in [0.1, 0.15) is 0 Å². The highest BCUT2D eigenvalue weighted by Crippen LogP contribution is 2.25. The maximum absolute atomic E-state index is 9.41. The van der Waals surface area contributed by atoms with Crippen LogP contribution in [0.25, 0.3) is 0 Å². The van der Waals surface area contributed by atoms with Gasteiger partial charge in [0.15, 0.2) is 0 Å². The zero-order valence-corrected chi connectivity index (χ0v) is 12.7. The van der Waals surface area contributed by atoms with Crippen LogP contribution in [0.2, 0.25) is 0 Å². The van der Waals surface area contributed by atoms with Crippen LogP contribution in [0.1, 0.15) is 65.7 Å². The molecule has 2 nitrogen and oxygen atoms in total. The fourth-order valence-electron chi connectivity index (χ4n) is 2.84. The molecule has 1 saturated carbocycles. The van der Waals surface area contributed by atoms with E-state index in [1.807, 2.05) is 0 Å². The number of aliphatic hydroxyl groups is 1. The van der Waals surface area contributed by atoms with E-state index in [-0.39, 0.29) is 6.10 Å². The van der Waals surface area contributed by atoms with Crippen molar-refractivity contribution in [1.29, 1.82) is 0 Å². The van der Waals surface area contributed by atoms with Crippen molar-refractivity contribution in [3.63, 3.8) is 0 Å². The summed E-state index contributed by atoms with van der Waals surface area (Å²) in [7, 11) is 0. The fraction of sp³-hybridized carbons (Fsp3) is 1.00. The fourth-order valence-corrected chi connectivity index (χ4v) is 2.84. The van der Waals surface area contributed by atoms with Gasteiger partial charge in [0.05, 0.1) is 6.10 Å². The van der Waals surface area contributed by atoms with Gasteiger partial charge in [0.2, 0.25) is 0 Å². The van der Waals surface area contributed by atoms with E-state index in [0.29, 0.717) is 0 Å². The number of piperidine rings is 1. The Bertz CT molecular complexity index is 189. The Kier molecular flexibility index (Phi) is 7.92. The first-order valence-electron chi connectivity index (χ1n) is 7.98. The SMILES string of the molecule is CC(C)C.OC1CCN(CC2CCCCC2)CC1. The van der Waals surface area contributed by atoms with Crippen LogP contribution in [0.3, 0.4) is 0 Å². The highest BCUT2D eigenvalue weighted by Gasteiger charge is 2.21. The molecule has 1 aliphatic heterocycles. The molecule has 0 bridgehead atoms. The monoisotopic (exact) mass is 255 g/mol. The molecule has 1 N–H and O–H groups in total.